The number of aliphatic imine (C=N–C) groups is 1. The molecule has 0 aliphatic carbocycles. The number of halogens is 2. The first-order chi connectivity index (χ1) is 15.4. The van der Waals surface area contributed by atoms with E-state index in [2.05, 4.69) is 4.99 Å². The monoisotopic (exact) mass is 451 g/mol. The number of methoxy groups -OCH3 is 1. The molecule has 3 aromatic rings. The van der Waals surface area contributed by atoms with Crippen LogP contribution in [0.2, 0.25) is 5.02 Å². The molecule has 6 nitrogen and oxygen atoms in total. The molecule has 1 aliphatic heterocycles. The largest absolute Gasteiger partial charge is 0.493 e. The van der Waals surface area contributed by atoms with E-state index in [-0.39, 0.29) is 33.7 Å². The average molecular weight is 452 g/mol. The Morgan fingerprint density at radius 3 is 2.53 bits per heavy atom. The molecule has 0 radical (unpaired) electrons. The van der Waals surface area contributed by atoms with Crippen molar-refractivity contribution in [3.05, 3.63) is 100.0 Å². The number of benzene rings is 3. The second kappa shape index (κ2) is 9.03. The van der Waals surface area contributed by atoms with E-state index in [0.717, 1.165) is 0 Å². The van der Waals surface area contributed by atoms with Gasteiger partial charge in [-0.15, -0.1) is 0 Å². The van der Waals surface area contributed by atoms with Gasteiger partial charge in [0.15, 0.2) is 17.2 Å². The number of cyclic esters (lactones) is 1. The topological polar surface area (TPSA) is 74.2 Å². The van der Waals surface area contributed by atoms with Crippen LogP contribution in [0.5, 0.6) is 11.5 Å². The lowest BCUT2D eigenvalue weighted by atomic mass is 10.1. The zero-order valence-corrected chi connectivity index (χ0v) is 17.4. The second-order valence-corrected chi connectivity index (χ2v) is 7.03. The number of carbonyl (C=O) groups is 2. The molecule has 0 saturated carbocycles. The Balaban J connectivity index is 1.58. The molecule has 0 fully saturated rings. The molecule has 160 valence electrons. The minimum atomic E-state index is -0.641. The van der Waals surface area contributed by atoms with Crippen molar-refractivity contribution in [1.82, 2.24) is 0 Å². The van der Waals surface area contributed by atoms with Gasteiger partial charge in [-0.2, -0.15) is 0 Å². The molecule has 3 aromatic carbocycles. The van der Waals surface area contributed by atoms with Crippen LogP contribution < -0.4 is 9.47 Å². The summed E-state index contributed by atoms with van der Waals surface area (Å²) < 4.78 is 29.0. The minimum Gasteiger partial charge on any atom is -0.493 e. The number of esters is 2. The van der Waals surface area contributed by atoms with Crippen molar-refractivity contribution < 1.29 is 28.2 Å². The maximum absolute atomic E-state index is 13.1. The molecule has 0 saturated heterocycles. The predicted octanol–water partition coefficient (Wildman–Crippen LogP) is 5.05. The van der Waals surface area contributed by atoms with E-state index >= 15 is 0 Å². The Hall–Kier alpha value is -3.97. The first-order valence-electron chi connectivity index (χ1n) is 9.38. The fraction of sp³-hybridized carbons (Fsp3) is 0.0417. The Kier molecular flexibility index (Phi) is 6.00. The summed E-state index contributed by atoms with van der Waals surface area (Å²) in [6.45, 7) is 0. The summed E-state index contributed by atoms with van der Waals surface area (Å²) in [5.74, 6) is -1.14. The lowest BCUT2D eigenvalue weighted by molar-refractivity contribution is -0.129. The number of hydrogen-bond donors (Lipinski definition) is 0. The van der Waals surface area contributed by atoms with Gasteiger partial charge in [0.1, 0.15) is 5.82 Å². The van der Waals surface area contributed by atoms with Crippen molar-refractivity contribution in [2.75, 3.05) is 7.11 Å². The van der Waals surface area contributed by atoms with Gasteiger partial charge in [-0.05, 0) is 60.2 Å². The van der Waals surface area contributed by atoms with Gasteiger partial charge in [0, 0.05) is 5.56 Å². The first-order valence-corrected chi connectivity index (χ1v) is 9.75. The van der Waals surface area contributed by atoms with Crippen LogP contribution >= 0.6 is 11.6 Å². The molecule has 1 aliphatic rings. The number of ether oxygens (including phenoxy) is 3. The molecular weight excluding hydrogens is 437 g/mol. The normalized spacial score (nSPS) is 14.2. The molecule has 0 unspecified atom stereocenters. The molecule has 0 spiro atoms. The van der Waals surface area contributed by atoms with Gasteiger partial charge < -0.3 is 14.2 Å². The van der Waals surface area contributed by atoms with E-state index in [4.69, 9.17) is 25.8 Å². The predicted molar refractivity (Wildman–Crippen MR) is 116 cm³/mol. The highest BCUT2D eigenvalue weighted by atomic mass is 35.5. The molecule has 0 bridgehead atoms. The Morgan fingerprint density at radius 2 is 1.81 bits per heavy atom. The zero-order chi connectivity index (χ0) is 22.7. The van der Waals surface area contributed by atoms with E-state index < -0.39 is 17.8 Å². The van der Waals surface area contributed by atoms with Crippen molar-refractivity contribution in [2.24, 2.45) is 4.99 Å². The maximum Gasteiger partial charge on any atom is 0.363 e. The highest BCUT2D eigenvalue weighted by molar-refractivity contribution is 6.33. The quantitative estimate of drug-likeness (QED) is 0.308. The van der Waals surface area contributed by atoms with E-state index in [9.17, 15) is 14.0 Å². The maximum atomic E-state index is 13.1. The van der Waals surface area contributed by atoms with Gasteiger partial charge in [-0.25, -0.2) is 19.0 Å². The Bertz CT molecular complexity index is 1270. The third-order valence-electron chi connectivity index (χ3n) is 4.50. The Labute approximate surface area is 187 Å². The van der Waals surface area contributed by atoms with E-state index in [1.54, 1.807) is 36.4 Å². The molecule has 4 rings (SSSR count). The third-order valence-corrected chi connectivity index (χ3v) is 4.83. The van der Waals surface area contributed by atoms with Gasteiger partial charge in [-0.3, -0.25) is 0 Å². The fourth-order valence-electron chi connectivity index (χ4n) is 2.92. The Morgan fingerprint density at radius 1 is 1.06 bits per heavy atom. The highest BCUT2D eigenvalue weighted by Crippen LogP contribution is 2.31. The van der Waals surface area contributed by atoms with E-state index in [0.29, 0.717) is 11.1 Å². The summed E-state index contributed by atoms with van der Waals surface area (Å²) >= 11 is 6.04. The molecule has 32 heavy (non-hydrogen) atoms. The lowest BCUT2D eigenvalue weighted by Crippen LogP contribution is -2.09. The molecule has 1 heterocycles. The average Bonchev–Trinajstić information content (AvgIpc) is 3.15. The van der Waals surface area contributed by atoms with Crippen LogP contribution in [0, 0.1) is 5.82 Å². The van der Waals surface area contributed by atoms with E-state index in [1.807, 2.05) is 0 Å². The number of nitrogens with zero attached hydrogens (tertiary/aromatic N) is 1. The molecule has 0 amide bonds. The van der Waals surface area contributed by atoms with Crippen molar-refractivity contribution in [3.8, 4) is 11.5 Å². The molecule has 8 heteroatoms. The highest BCUT2D eigenvalue weighted by Gasteiger charge is 2.24. The number of hydrogen-bond acceptors (Lipinski definition) is 6. The fourth-order valence-corrected chi connectivity index (χ4v) is 3.14. The summed E-state index contributed by atoms with van der Waals surface area (Å²) in [6, 6.07) is 16.7. The van der Waals surface area contributed by atoms with Crippen LogP contribution in [0.3, 0.4) is 0 Å². The summed E-state index contributed by atoms with van der Waals surface area (Å²) in [6.07, 6.45) is 1.50. The van der Waals surface area contributed by atoms with Crippen LogP contribution in [0.15, 0.2) is 77.4 Å². The van der Waals surface area contributed by atoms with Gasteiger partial charge >= 0.3 is 11.9 Å². The second-order valence-electron chi connectivity index (χ2n) is 6.62. The summed E-state index contributed by atoms with van der Waals surface area (Å²) in [5.41, 5.74) is 1.32. The third kappa shape index (κ3) is 4.53. The van der Waals surface area contributed by atoms with Gasteiger partial charge in [0.05, 0.1) is 17.7 Å². The zero-order valence-electron chi connectivity index (χ0n) is 16.7. The van der Waals surface area contributed by atoms with Crippen LogP contribution in [-0.4, -0.2) is 24.9 Å². The van der Waals surface area contributed by atoms with Crippen LogP contribution in [0.1, 0.15) is 21.5 Å². The standard InChI is InChI=1S/C24H15ClFNO5/c1-30-21-13-14(6-11-20(21)31-23(28)17-4-2-3-5-18(17)25)12-19-24(29)32-22(27-19)15-7-9-16(26)10-8-15/h2-13H,1H3/b19-12+. The first kappa shape index (κ1) is 21.3. The number of rotatable bonds is 5. The van der Waals surface area contributed by atoms with Crippen molar-refractivity contribution >= 4 is 35.5 Å². The van der Waals surface area contributed by atoms with Gasteiger partial charge in [0.2, 0.25) is 5.90 Å². The lowest BCUT2D eigenvalue weighted by Gasteiger charge is -2.10. The van der Waals surface area contributed by atoms with Crippen LogP contribution in [-0.2, 0) is 9.53 Å². The minimum absolute atomic E-state index is 0.0622. The summed E-state index contributed by atoms with van der Waals surface area (Å²) in [4.78, 5) is 28.8. The van der Waals surface area contributed by atoms with Gasteiger partial charge in [-0.1, -0.05) is 29.8 Å². The molecule has 0 atom stereocenters. The smallest absolute Gasteiger partial charge is 0.363 e. The van der Waals surface area contributed by atoms with Gasteiger partial charge in [0.25, 0.3) is 0 Å². The van der Waals surface area contributed by atoms with Crippen LogP contribution in [0.25, 0.3) is 6.08 Å². The van der Waals surface area contributed by atoms with Crippen LogP contribution in [0.4, 0.5) is 4.39 Å². The molecule has 0 N–H and O–H groups in total. The van der Waals surface area contributed by atoms with Crippen molar-refractivity contribution in [3.63, 3.8) is 0 Å². The van der Waals surface area contributed by atoms with Crippen molar-refractivity contribution in [2.45, 2.75) is 0 Å². The summed E-state index contributed by atoms with van der Waals surface area (Å²) in [5, 5.41) is 0.271. The molecule has 0 aromatic heterocycles. The SMILES string of the molecule is COc1cc(/C=C2/N=C(c3ccc(F)cc3)OC2=O)ccc1OC(=O)c1ccccc1Cl. The summed E-state index contributed by atoms with van der Waals surface area (Å²) in [7, 11) is 1.42. The molecular formula is C24H15ClFNO5. The van der Waals surface area contributed by atoms with E-state index in [1.165, 1.54) is 43.5 Å². The number of carbonyl (C=O) groups excluding carboxylic acids is 2. The van der Waals surface area contributed by atoms with Crippen molar-refractivity contribution in [1.29, 1.82) is 0 Å².